The molecule has 0 radical (unpaired) electrons. The van der Waals surface area contributed by atoms with Crippen molar-refractivity contribution in [3.05, 3.63) is 66.0 Å². The molecule has 0 atom stereocenters. The van der Waals surface area contributed by atoms with Gasteiger partial charge in [-0.1, -0.05) is 30.3 Å². The predicted molar refractivity (Wildman–Crippen MR) is 87.1 cm³/mol. The van der Waals surface area contributed by atoms with E-state index in [-0.39, 0.29) is 19.0 Å². The average molecular weight is 329 g/mol. The summed E-state index contributed by atoms with van der Waals surface area (Å²) in [6, 6.07) is 14.5. The third-order valence-corrected chi connectivity index (χ3v) is 2.83. The molecule has 0 aliphatic heterocycles. The Bertz CT molecular complexity index is 703. The molecule has 2 N–H and O–H groups in total. The van der Waals surface area contributed by atoms with Crippen LogP contribution in [0.25, 0.3) is 0 Å². The molecule has 0 unspecified atom stereocenters. The SMILES string of the molecule is O=C(COc1ccccc1)NCC(=O)N/N=C/c1ccc(F)cc1. The van der Waals surface area contributed by atoms with Crippen molar-refractivity contribution in [1.29, 1.82) is 0 Å². The Morgan fingerprint density at radius 1 is 1.04 bits per heavy atom. The number of benzene rings is 2. The van der Waals surface area contributed by atoms with E-state index in [4.69, 9.17) is 4.74 Å². The first-order valence-corrected chi connectivity index (χ1v) is 7.15. The summed E-state index contributed by atoms with van der Waals surface area (Å²) in [5.41, 5.74) is 2.89. The van der Waals surface area contributed by atoms with Crippen LogP contribution in [0.4, 0.5) is 4.39 Å². The number of nitrogens with zero attached hydrogens (tertiary/aromatic N) is 1. The van der Waals surface area contributed by atoms with Crippen molar-refractivity contribution in [1.82, 2.24) is 10.7 Å². The number of carbonyl (C=O) groups is 2. The Balaban J connectivity index is 1.65. The summed E-state index contributed by atoms with van der Waals surface area (Å²) < 4.78 is 18.0. The molecule has 2 amide bonds. The van der Waals surface area contributed by atoms with Gasteiger partial charge in [-0.25, -0.2) is 9.82 Å². The number of hydrogen-bond donors (Lipinski definition) is 2. The predicted octanol–water partition coefficient (Wildman–Crippen LogP) is 1.47. The minimum absolute atomic E-state index is 0.184. The zero-order valence-electron chi connectivity index (χ0n) is 12.7. The van der Waals surface area contributed by atoms with Crippen LogP contribution in [0.2, 0.25) is 0 Å². The van der Waals surface area contributed by atoms with E-state index in [2.05, 4.69) is 15.8 Å². The first-order chi connectivity index (χ1) is 11.6. The summed E-state index contributed by atoms with van der Waals surface area (Å²) in [7, 11) is 0. The third kappa shape index (κ3) is 6.27. The van der Waals surface area contributed by atoms with E-state index < -0.39 is 11.8 Å². The summed E-state index contributed by atoms with van der Waals surface area (Å²) in [5.74, 6) is -0.685. The molecule has 2 rings (SSSR count). The fourth-order valence-electron chi connectivity index (χ4n) is 1.66. The molecular weight excluding hydrogens is 313 g/mol. The Hall–Kier alpha value is -3.22. The van der Waals surface area contributed by atoms with E-state index in [1.807, 2.05) is 6.07 Å². The lowest BCUT2D eigenvalue weighted by molar-refractivity contribution is -0.127. The highest BCUT2D eigenvalue weighted by Gasteiger charge is 2.05. The summed E-state index contributed by atoms with van der Waals surface area (Å²) in [5, 5.41) is 6.12. The van der Waals surface area contributed by atoms with E-state index in [1.54, 1.807) is 24.3 Å². The van der Waals surface area contributed by atoms with Crippen LogP contribution in [0.3, 0.4) is 0 Å². The van der Waals surface area contributed by atoms with Gasteiger partial charge in [0.25, 0.3) is 11.8 Å². The molecule has 7 heteroatoms. The van der Waals surface area contributed by atoms with Crippen molar-refractivity contribution in [3.63, 3.8) is 0 Å². The average Bonchev–Trinajstić information content (AvgIpc) is 2.61. The van der Waals surface area contributed by atoms with E-state index >= 15 is 0 Å². The minimum Gasteiger partial charge on any atom is -0.484 e. The van der Waals surface area contributed by atoms with E-state index in [1.165, 1.54) is 30.5 Å². The van der Waals surface area contributed by atoms with Gasteiger partial charge in [-0.3, -0.25) is 9.59 Å². The number of amides is 2. The molecule has 0 saturated carbocycles. The Labute approximate surface area is 138 Å². The molecule has 0 heterocycles. The number of hydrogen-bond acceptors (Lipinski definition) is 4. The Morgan fingerprint density at radius 3 is 2.46 bits per heavy atom. The summed E-state index contributed by atoms with van der Waals surface area (Å²) in [6.07, 6.45) is 1.37. The summed E-state index contributed by atoms with van der Waals surface area (Å²) in [4.78, 5) is 23.1. The highest BCUT2D eigenvalue weighted by molar-refractivity contribution is 5.86. The van der Waals surface area contributed by atoms with Crippen LogP contribution < -0.4 is 15.5 Å². The van der Waals surface area contributed by atoms with Gasteiger partial charge >= 0.3 is 0 Å². The van der Waals surface area contributed by atoms with Crippen molar-refractivity contribution in [2.75, 3.05) is 13.2 Å². The zero-order valence-corrected chi connectivity index (χ0v) is 12.7. The molecule has 24 heavy (non-hydrogen) atoms. The second-order valence-electron chi connectivity index (χ2n) is 4.72. The van der Waals surface area contributed by atoms with Gasteiger partial charge in [0, 0.05) is 0 Å². The maximum Gasteiger partial charge on any atom is 0.259 e. The second-order valence-corrected chi connectivity index (χ2v) is 4.72. The van der Waals surface area contributed by atoms with Crippen LogP contribution in [-0.2, 0) is 9.59 Å². The normalized spacial score (nSPS) is 10.4. The van der Waals surface area contributed by atoms with Crippen LogP contribution >= 0.6 is 0 Å². The zero-order chi connectivity index (χ0) is 17.2. The molecule has 2 aromatic rings. The van der Waals surface area contributed by atoms with Gasteiger partial charge in [0.2, 0.25) is 0 Å². The fourth-order valence-corrected chi connectivity index (χ4v) is 1.66. The molecule has 0 aromatic heterocycles. The number of para-hydroxylation sites is 1. The van der Waals surface area contributed by atoms with E-state index in [9.17, 15) is 14.0 Å². The largest absolute Gasteiger partial charge is 0.484 e. The van der Waals surface area contributed by atoms with Crippen molar-refractivity contribution in [3.8, 4) is 5.75 Å². The Kier molecular flexibility index (Phi) is 6.46. The van der Waals surface area contributed by atoms with Crippen molar-refractivity contribution in [2.45, 2.75) is 0 Å². The topological polar surface area (TPSA) is 79.8 Å². The van der Waals surface area contributed by atoms with Gasteiger partial charge in [-0.15, -0.1) is 0 Å². The van der Waals surface area contributed by atoms with Crippen LogP contribution in [-0.4, -0.2) is 31.2 Å². The van der Waals surface area contributed by atoms with Crippen LogP contribution in [0.15, 0.2) is 59.7 Å². The molecule has 0 bridgehead atoms. The molecule has 124 valence electrons. The first kappa shape index (κ1) is 17.1. The van der Waals surface area contributed by atoms with Gasteiger partial charge < -0.3 is 10.1 Å². The molecule has 0 fully saturated rings. The maximum atomic E-state index is 12.7. The standard InChI is InChI=1S/C17H16FN3O3/c18-14-8-6-13(7-9-14)10-20-21-16(22)11-19-17(23)12-24-15-4-2-1-3-5-15/h1-10H,11-12H2,(H,19,23)(H,21,22)/b20-10+. The lowest BCUT2D eigenvalue weighted by Gasteiger charge is -2.06. The van der Waals surface area contributed by atoms with Gasteiger partial charge in [0.1, 0.15) is 11.6 Å². The van der Waals surface area contributed by atoms with Gasteiger partial charge in [-0.2, -0.15) is 5.10 Å². The summed E-state index contributed by atoms with van der Waals surface area (Å²) >= 11 is 0. The number of halogens is 1. The molecule has 0 aliphatic carbocycles. The van der Waals surface area contributed by atoms with Gasteiger partial charge in [0.15, 0.2) is 6.61 Å². The van der Waals surface area contributed by atoms with Gasteiger partial charge in [0.05, 0.1) is 12.8 Å². The minimum atomic E-state index is -0.485. The molecule has 6 nitrogen and oxygen atoms in total. The molecule has 0 spiro atoms. The number of nitrogens with one attached hydrogen (secondary N) is 2. The number of rotatable bonds is 7. The van der Waals surface area contributed by atoms with Crippen molar-refractivity contribution in [2.24, 2.45) is 5.10 Å². The third-order valence-electron chi connectivity index (χ3n) is 2.83. The highest BCUT2D eigenvalue weighted by atomic mass is 19.1. The number of carbonyl (C=O) groups excluding carboxylic acids is 2. The van der Waals surface area contributed by atoms with Crippen LogP contribution in [0.1, 0.15) is 5.56 Å². The highest BCUT2D eigenvalue weighted by Crippen LogP contribution is 2.07. The quantitative estimate of drug-likeness (QED) is 0.596. The molecule has 0 saturated heterocycles. The smallest absolute Gasteiger partial charge is 0.259 e. The summed E-state index contributed by atoms with van der Waals surface area (Å²) in [6.45, 7) is -0.409. The first-order valence-electron chi connectivity index (χ1n) is 7.15. The van der Waals surface area contributed by atoms with E-state index in [0.29, 0.717) is 11.3 Å². The monoisotopic (exact) mass is 329 g/mol. The number of hydrazone groups is 1. The molecular formula is C17H16FN3O3. The lowest BCUT2D eigenvalue weighted by atomic mass is 10.2. The second kappa shape index (κ2) is 9.04. The molecule has 2 aromatic carbocycles. The number of ether oxygens (including phenoxy) is 1. The van der Waals surface area contributed by atoms with E-state index in [0.717, 1.165) is 0 Å². The van der Waals surface area contributed by atoms with Crippen molar-refractivity contribution >= 4 is 18.0 Å². The van der Waals surface area contributed by atoms with Crippen molar-refractivity contribution < 1.29 is 18.7 Å². The lowest BCUT2D eigenvalue weighted by Crippen LogP contribution is -2.37. The van der Waals surface area contributed by atoms with Crippen LogP contribution in [0.5, 0.6) is 5.75 Å². The van der Waals surface area contributed by atoms with Crippen LogP contribution in [0, 0.1) is 5.82 Å². The Morgan fingerprint density at radius 2 is 1.75 bits per heavy atom. The molecule has 0 aliphatic rings. The fraction of sp³-hybridized carbons (Fsp3) is 0.118. The maximum absolute atomic E-state index is 12.7. The van der Waals surface area contributed by atoms with Gasteiger partial charge in [-0.05, 0) is 29.8 Å².